The van der Waals surface area contributed by atoms with Crippen molar-refractivity contribution in [2.75, 3.05) is 27.3 Å². The molecule has 0 atom stereocenters. The molecular weight excluding hydrogens is 330 g/mol. The van der Waals surface area contributed by atoms with Gasteiger partial charge in [0.15, 0.2) is 11.6 Å². The molecule has 0 aliphatic heterocycles. The Morgan fingerprint density at radius 1 is 1.20 bits per heavy atom. The topological polar surface area (TPSA) is 50.8 Å². The molecule has 0 unspecified atom stereocenters. The highest BCUT2D eigenvalue weighted by atomic mass is 19.1. The summed E-state index contributed by atoms with van der Waals surface area (Å²) in [6.45, 7) is 0.676. The van der Waals surface area contributed by atoms with Crippen LogP contribution in [0.5, 0.6) is 11.5 Å². The smallest absolute Gasteiger partial charge is 0.317 e. The average Bonchev–Trinajstić information content (AvgIpc) is 2.60. The van der Waals surface area contributed by atoms with E-state index in [1.165, 1.54) is 11.0 Å². The fourth-order valence-electron chi connectivity index (χ4n) is 2.16. The number of carbonyl (C=O) groups is 1. The predicted molar refractivity (Wildman–Crippen MR) is 89.7 cm³/mol. The number of rotatable bonds is 7. The van der Waals surface area contributed by atoms with Crippen LogP contribution in [0.2, 0.25) is 0 Å². The highest BCUT2D eigenvalue weighted by Gasteiger charge is 2.10. The van der Waals surface area contributed by atoms with Gasteiger partial charge < -0.3 is 19.7 Å². The van der Waals surface area contributed by atoms with Crippen molar-refractivity contribution in [2.24, 2.45) is 0 Å². The van der Waals surface area contributed by atoms with Crippen molar-refractivity contribution in [1.29, 1.82) is 0 Å². The van der Waals surface area contributed by atoms with Crippen molar-refractivity contribution < 1.29 is 23.0 Å². The van der Waals surface area contributed by atoms with E-state index in [1.807, 2.05) is 24.3 Å². The Bertz CT molecular complexity index is 725. The number of hydrogen-bond donors (Lipinski definition) is 1. The molecule has 2 rings (SSSR count). The maximum absolute atomic E-state index is 13.4. The van der Waals surface area contributed by atoms with Crippen LogP contribution in [0.3, 0.4) is 0 Å². The van der Waals surface area contributed by atoms with Gasteiger partial charge in [-0.25, -0.2) is 13.6 Å². The van der Waals surface area contributed by atoms with E-state index < -0.39 is 11.6 Å². The molecule has 1 N–H and O–H groups in total. The van der Waals surface area contributed by atoms with Crippen LogP contribution >= 0.6 is 0 Å². The zero-order valence-electron chi connectivity index (χ0n) is 14.1. The van der Waals surface area contributed by atoms with Crippen LogP contribution in [0.15, 0.2) is 42.5 Å². The molecule has 0 bridgehead atoms. The number of halogens is 2. The summed E-state index contributed by atoms with van der Waals surface area (Å²) in [7, 11) is 3.24. The zero-order chi connectivity index (χ0) is 18.2. The van der Waals surface area contributed by atoms with Crippen LogP contribution < -0.4 is 14.8 Å². The second-order valence-corrected chi connectivity index (χ2v) is 5.36. The fraction of sp³-hybridized carbons (Fsp3) is 0.278. The van der Waals surface area contributed by atoms with Crippen LogP contribution in [-0.4, -0.2) is 38.2 Å². The average molecular weight is 350 g/mol. The van der Waals surface area contributed by atoms with E-state index in [1.54, 1.807) is 14.2 Å². The molecule has 134 valence electrons. The van der Waals surface area contributed by atoms with Gasteiger partial charge in [0.25, 0.3) is 0 Å². The number of nitrogens with zero attached hydrogens (tertiary/aromatic N) is 1. The third-order valence-electron chi connectivity index (χ3n) is 3.43. The first-order valence-corrected chi connectivity index (χ1v) is 7.69. The quantitative estimate of drug-likeness (QED) is 0.780. The molecule has 2 amide bonds. The molecule has 0 aliphatic rings. The highest BCUT2D eigenvalue weighted by molar-refractivity contribution is 5.73. The van der Waals surface area contributed by atoms with Crippen molar-refractivity contribution >= 4 is 6.03 Å². The molecule has 0 spiro atoms. The van der Waals surface area contributed by atoms with Crippen LogP contribution in [-0.2, 0) is 6.54 Å². The van der Waals surface area contributed by atoms with Gasteiger partial charge in [0, 0.05) is 19.7 Å². The largest absolute Gasteiger partial charge is 0.497 e. The summed E-state index contributed by atoms with van der Waals surface area (Å²) >= 11 is 0. The van der Waals surface area contributed by atoms with E-state index in [4.69, 9.17) is 9.47 Å². The summed E-state index contributed by atoms with van der Waals surface area (Å²) in [5.74, 6) is -0.778. The van der Waals surface area contributed by atoms with Crippen molar-refractivity contribution in [3.05, 3.63) is 59.7 Å². The number of hydrogen-bond acceptors (Lipinski definition) is 3. The summed E-state index contributed by atoms with van der Waals surface area (Å²) in [6.07, 6.45) is 0. The molecule has 2 aromatic carbocycles. The molecule has 5 nitrogen and oxygen atoms in total. The third-order valence-corrected chi connectivity index (χ3v) is 3.43. The molecule has 0 saturated carbocycles. The van der Waals surface area contributed by atoms with Gasteiger partial charge in [0.05, 0.1) is 13.7 Å². The van der Waals surface area contributed by atoms with Crippen molar-refractivity contribution in [3.63, 3.8) is 0 Å². The van der Waals surface area contributed by atoms with E-state index in [-0.39, 0.29) is 24.9 Å². The van der Waals surface area contributed by atoms with Gasteiger partial charge >= 0.3 is 6.03 Å². The maximum atomic E-state index is 13.4. The first kappa shape index (κ1) is 18.5. The summed E-state index contributed by atoms with van der Waals surface area (Å²) in [5, 5.41) is 2.67. The first-order chi connectivity index (χ1) is 12.0. The van der Waals surface area contributed by atoms with Gasteiger partial charge in [-0.05, 0) is 29.8 Å². The van der Waals surface area contributed by atoms with Crippen LogP contribution in [0.4, 0.5) is 13.6 Å². The molecule has 2 aromatic rings. The SMILES string of the molecule is COc1cccc(CN(C)C(=O)NCCOc2ccc(F)cc2F)c1. The van der Waals surface area contributed by atoms with E-state index in [2.05, 4.69) is 5.32 Å². The number of urea groups is 1. The summed E-state index contributed by atoms with van der Waals surface area (Å²) < 4.78 is 36.5. The fourth-order valence-corrected chi connectivity index (χ4v) is 2.16. The van der Waals surface area contributed by atoms with E-state index in [0.717, 1.165) is 23.4 Å². The van der Waals surface area contributed by atoms with Gasteiger partial charge in [0.1, 0.15) is 18.2 Å². The van der Waals surface area contributed by atoms with Crippen LogP contribution in [0.1, 0.15) is 5.56 Å². The Morgan fingerprint density at radius 3 is 2.72 bits per heavy atom. The minimum absolute atomic E-state index is 0.0552. The lowest BCUT2D eigenvalue weighted by Gasteiger charge is -2.18. The van der Waals surface area contributed by atoms with Gasteiger partial charge in [-0.3, -0.25) is 0 Å². The number of methoxy groups -OCH3 is 1. The van der Waals surface area contributed by atoms with Crippen molar-refractivity contribution in [2.45, 2.75) is 6.54 Å². The lowest BCUT2D eigenvalue weighted by Crippen LogP contribution is -2.38. The Kier molecular flexibility index (Phi) is 6.56. The minimum Gasteiger partial charge on any atom is -0.497 e. The van der Waals surface area contributed by atoms with Crippen molar-refractivity contribution in [3.8, 4) is 11.5 Å². The summed E-state index contributed by atoms with van der Waals surface area (Å²) in [5.41, 5.74) is 0.932. The summed E-state index contributed by atoms with van der Waals surface area (Å²) in [6, 6.07) is 10.2. The number of amides is 2. The molecule has 0 aliphatic carbocycles. The van der Waals surface area contributed by atoms with E-state index in [9.17, 15) is 13.6 Å². The molecule has 0 radical (unpaired) electrons. The standard InChI is InChI=1S/C18H20F2N2O3/c1-22(12-13-4-3-5-15(10-13)24-2)18(23)21-8-9-25-17-7-6-14(19)11-16(17)20/h3-7,10-11H,8-9,12H2,1-2H3,(H,21,23). The monoisotopic (exact) mass is 350 g/mol. The zero-order valence-corrected chi connectivity index (χ0v) is 14.1. The molecule has 0 fully saturated rings. The molecule has 0 aromatic heterocycles. The molecule has 0 heterocycles. The number of carbonyl (C=O) groups excluding carboxylic acids is 1. The van der Waals surface area contributed by atoms with Crippen LogP contribution in [0, 0.1) is 11.6 Å². The predicted octanol–water partition coefficient (Wildman–Crippen LogP) is 3.19. The maximum Gasteiger partial charge on any atom is 0.317 e. The lowest BCUT2D eigenvalue weighted by molar-refractivity contribution is 0.203. The normalized spacial score (nSPS) is 10.2. The molecular formula is C18H20F2N2O3. The van der Waals surface area contributed by atoms with Crippen LogP contribution in [0.25, 0.3) is 0 Å². The van der Waals surface area contributed by atoms with Gasteiger partial charge in [-0.15, -0.1) is 0 Å². The Morgan fingerprint density at radius 2 is 2.00 bits per heavy atom. The Balaban J connectivity index is 1.75. The van der Waals surface area contributed by atoms with E-state index >= 15 is 0 Å². The Hall–Kier alpha value is -2.83. The second kappa shape index (κ2) is 8.86. The van der Waals surface area contributed by atoms with Crippen molar-refractivity contribution in [1.82, 2.24) is 10.2 Å². The van der Waals surface area contributed by atoms with Gasteiger partial charge in [0.2, 0.25) is 0 Å². The first-order valence-electron chi connectivity index (χ1n) is 7.69. The molecule has 0 saturated heterocycles. The number of nitrogens with one attached hydrogen (secondary N) is 1. The highest BCUT2D eigenvalue weighted by Crippen LogP contribution is 2.17. The lowest BCUT2D eigenvalue weighted by atomic mass is 10.2. The summed E-state index contributed by atoms with van der Waals surface area (Å²) in [4.78, 5) is 13.5. The number of benzene rings is 2. The Labute approximate surface area is 145 Å². The number of ether oxygens (including phenoxy) is 2. The minimum atomic E-state index is -0.776. The molecule has 7 heteroatoms. The van der Waals surface area contributed by atoms with Gasteiger partial charge in [-0.2, -0.15) is 0 Å². The third kappa shape index (κ3) is 5.63. The van der Waals surface area contributed by atoms with Gasteiger partial charge in [-0.1, -0.05) is 12.1 Å². The molecule has 25 heavy (non-hydrogen) atoms. The second-order valence-electron chi connectivity index (χ2n) is 5.36. The van der Waals surface area contributed by atoms with E-state index in [0.29, 0.717) is 6.54 Å².